The number of ether oxygens (including phenoxy) is 2. The molecule has 2 rings (SSSR count). The summed E-state index contributed by atoms with van der Waals surface area (Å²) in [6, 6.07) is 14.5. The van der Waals surface area contributed by atoms with Crippen molar-refractivity contribution < 1.29 is 23.9 Å². The molecule has 0 fully saturated rings. The minimum absolute atomic E-state index is 0.240. The molecule has 0 radical (unpaired) electrons. The summed E-state index contributed by atoms with van der Waals surface area (Å²) >= 11 is 0. The number of amides is 1. The molecule has 30 heavy (non-hydrogen) atoms. The molecule has 0 saturated carbocycles. The van der Waals surface area contributed by atoms with Crippen molar-refractivity contribution in [3.8, 4) is 0 Å². The minimum atomic E-state index is -0.514. The predicted molar refractivity (Wildman–Crippen MR) is 115 cm³/mol. The molecule has 0 heterocycles. The molecule has 6 heteroatoms. The maximum atomic E-state index is 12.7. The van der Waals surface area contributed by atoms with E-state index in [1.807, 2.05) is 45.0 Å². The molecule has 6 nitrogen and oxygen atoms in total. The molecule has 0 aromatic heterocycles. The average Bonchev–Trinajstić information content (AvgIpc) is 2.70. The van der Waals surface area contributed by atoms with E-state index in [-0.39, 0.29) is 30.7 Å². The summed E-state index contributed by atoms with van der Waals surface area (Å²) in [4.78, 5) is 36.1. The third-order valence-electron chi connectivity index (χ3n) is 4.32. The van der Waals surface area contributed by atoms with Crippen molar-refractivity contribution in [3.63, 3.8) is 0 Å². The fourth-order valence-electron chi connectivity index (χ4n) is 2.90. The molecule has 2 aromatic rings. The van der Waals surface area contributed by atoms with E-state index in [1.54, 1.807) is 24.3 Å². The lowest BCUT2D eigenvalue weighted by Crippen LogP contribution is -2.24. The fraction of sp³-hybridized carbons (Fsp3) is 0.375. The maximum Gasteiger partial charge on any atom is 0.306 e. The number of para-hydroxylation sites is 1. The molecule has 1 N–H and O–H groups in total. The van der Waals surface area contributed by atoms with Gasteiger partial charge in [-0.15, -0.1) is 0 Å². The zero-order chi connectivity index (χ0) is 22.1. The van der Waals surface area contributed by atoms with Gasteiger partial charge in [0.25, 0.3) is 5.91 Å². The first-order chi connectivity index (χ1) is 14.2. The van der Waals surface area contributed by atoms with Gasteiger partial charge in [-0.3, -0.25) is 14.4 Å². The number of carbonyl (C=O) groups excluding carboxylic acids is 3. The first kappa shape index (κ1) is 23.1. The Bertz CT molecular complexity index is 898. The van der Waals surface area contributed by atoms with Crippen LogP contribution in [0, 0.1) is 0 Å². The van der Waals surface area contributed by atoms with E-state index in [9.17, 15) is 14.4 Å². The quantitative estimate of drug-likeness (QED) is 0.654. The lowest BCUT2D eigenvalue weighted by atomic mass is 10.0. The summed E-state index contributed by atoms with van der Waals surface area (Å²) < 4.78 is 10.0. The normalized spacial score (nSPS) is 10.9. The van der Waals surface area contributed by atoms with Gasteiger partial charge in [-0.05, 0) is 62.9 Å². The molecule has 2 aromatic carbocycles. The van der Waals surface area contributed by atoms with E-state index in [1.165, 1.54) is 7.11 Å². The Morgan fingerprint density at radius 1 is 0.900 bits per heavy atom. The summed E-state index contributed by atoms with van der Waals surface area (Å²) in [7, 11) is 1.35. The van der Waals surface area contributed by atoms with Gasteiger partial charge in [-0.25, -0.2) is 0 Å². The summed E-state index contributed by atoms with van der Waals surface area (Å²) in [6.07, 6.45) is 1.45. The summed E-state index contributed by atoms with van der Waals surface area (Å²) in [6.45, 7) is 5.50. The van der Waals surface area contributed by atoms with Crippen molar-refractivity contribution in [2.75, 3.05) is 12.4 Å². The van der Waals surface area contributed by atoms with Gasteiger partial charge in [-0.1, -0.05) is 30.3 Å². The third kappa shape index (κ3) is 7.70. The minimum Gasteiger partial charge on any atom is -0.469 e. The highest BCUT2D eigenvalue weighted by atomic mass is 16.6. The van der Waals surface area contributed by atoms with Crippen molar-refractivity contribution >= 4 is 23.5 Å². The van der Waals surface area contributed by atoms with Crippen LogP contribution < -0.4 is 5.32 Å². The number of methoxy groups -OCH3 is 1. The standard InChI is InChI=1S/C24H29NO5/c1-24(2,3)30-22(27)14-12-17-8-7-10-19(16-17)23(28)25-20-11-6-5-9-18(20)13-15-21(26)29-4/h5-11,16H,12-15H2,1-4H3,(H,25,28). The van der Waals surface area contributed by atoms with Crippen molar-refractivity contribution in [2.24, 2.45) is 0 Å². The second kappa shape index (κ2) is 10.6. The number of rotatable bonds is 8. The van der Waals surface area contributed by atoms with Crippen LogP contribution in [-0.4, -0.2) is 30.6 Å². The second-order valence-corrected chi connectivity index (χ2v) is 7.97. The molecule has 0 aliphatic rings. The largest absolute Gasteiger partial charge is 0.469 e. The molecule has 1 amide bonds. The van der Waals surface area contributed by atoms with Gasteiger partial charge >= 0.3 is 11.9 Å². The molecule has 0 saturated heterocycles. The Kier molecular flexibility index (Phi) is 8.16. The molecular weight excluding hydrogens is 382 g/mol. The molecule has 160 valence electrons. The van der Waals surface area contributed by atoms with Crippen molar-refractivity contribution in [3.05, 3.63) is 65.2 Å². The Morgan fingerprint density at radius 2 is 1.60 bits per heavy atom. The molecule has 0 atom stereocenters. The van der Waals surface area contributed by atoms with Crippen LogP contribution in [0.2, 0.25) is 0 Å². The van der Waals surface area contributed by atoms with Crippen LogP contribution in [0.1, 0.15) is 55.1 Å². The average molecular weight is 411 g/mol. The van der Waals surface area contributed by atoms with E-state index >= 15 is 0 Å². The molecule has 0 aliphatic carbocycles. The van der Waals surface area contributed by atoms with Crippen molar-refractivity contribution in [1.82, 2.24) is 0 Å². The van der Waals surface area contributed by atoms with Crippen LogP contribution in [0.3, 0.4) is 0 Å². The van der Waals surface area contributed by atoms with Crippen LogP contribution in [0.5, 0.6) is 0 Å². The zero-order valence-corrected chi connectivity index (χ0v) is 18.0. The highest BCUT2D eigenvalue weighted by Gasteiger charge is 2.16. The zero-order valence-electron chi connectivity index (χ0n) is 18.0. The van der Waals surface area contributed by atoms with Gasteiger partial charge in [-0.2, -0.15) is 0 Å². The van der Waals surface area contributed by atoms with E-state index < -0.39 is 5.60 Å². The van der Waals surface area contributed by atoms with Crippen LogP contribution in [0.15, 0.2) is 48.5 Å². The number of hydrogen-bond acceptors (Lipinski definition) is 5. The maximum absolute atomic E-state index is 12.7. The third-order valence-corrected chi connectivity index (χ3v) is 4.32. The SMILES string of the molecule is COC(=O)CCc1ccccc1NC(=O)c1cccc(CCC(=O)OC(C)(C)C)c1. The highest BCUT2D eigenvalue weighted by Crippen LogP contribution is 2.19. The fourth-order valence-corrected chi connectivity index (χ4v) is 2.90. The predicted octanol–water partition coefficient (Wildman–Crippen LogP) is 4.32. The number of hydrogen-bond donors (Lipinski definition) is 1. The van der Waals surface area contributed by atoms with Gasteiger partial charge in [0.1, 0.15) is 5.60 Å². The Hall–Kier alpha value is -3.15. The van der Waals surface area contributed by atoms with Crippen LogP contribution in [0.25, 0.3) is 0 Å². The smallest absolute Gasteiger partial charge is 0.306 e. The number of carbonyl (C=O) groups is 3. The molecule has 0 unspecified atom stereocenters. The summed E-state index contributed by atoms with van der Waals surface area (Å²) in [5.41, 5.74) is 2.38. The lowest BCUT2D eigenvalue weighted by molar-refractivity contribution is -0.154. The first-order valence-corrected chi connectivity index (χ1v) is 9.95. The van der Waals surface area contributed by atoms with Gasteiger partial charge in [0.15, 0.2) is 0 Å². The Balaban J connectivity index is 2.02. The second-order valence-electron chi connectivity index (χ2n) is 7.97. The van der Waals surface area contributed by atoms with Gasteiger partial charge < -0.3 is 14.8 Å². The number of esters is 2. The van der Waals surface area contributed by atoms with Gasteiger partial charge in [0.2, 0.25) is 0 Å². The van der Waals surface area contributed by atoms with E-state index in [2.05, 4.69) is 10.1 Å². The van der Waals surface area contributed by atoms with E-state index in [4.69, 9.17) is 4.74 Å². The van der Waals surface area contributed by atoms with Gasteiger partial charge in [0.05, 0.1) is 7.11 Å². The van der Waals surface area contributed by atoms with Crippen LogP contribution in [0.4, 0.5) is 5.69 Å². The topological polar surface area (TPSA) is 81.7 Å². The van der Waals surface area contributed by atoms with E-state index in [0.29, 0.717) is 24.1 Å². The van der Waals surface area contributed by atoms with Crippen molar-refractivity contribution in [1.29, 1.82) is 0 Å². The highest BCUT2D eigenvalue weighted by molar-refractivity contribution is 6.04. The molecular formula is C24H29NO5. The Labute approximate surface area is 177 Å². The van der Waals surface area contributed by atoms with Crippen molar-refractivity contribution in [2.45, 2.75) is 52.1 Å². The monoisotopic (exact) mass is 411 g/mol. The number of benzene rings is 2. The lowest BCUT2D eigenvalue weighted by Gasteiger charge is -2.19. The van der Waals surface area contributed by atoms with Gasteiger partial charge in [0, 0.05) is 24.1 Å². The molecule has 0 spiro atoms. The molecule has 0 aliphatic heterocycles. The summed E-state index contributed by atoms with van der Waals surface area (Å²) in [5, 5.41) is 2.91. The summed E-state index contributed by atoms with van der Waals surface area (Å²) in [5.74, 6) is -0.814. The van der Waals surface area contributed by atoms with Crippen LogP contribution in [-0.2, 0) is 31.9 Å². The molecule has 0 bridgehead atoms. The first-order valence-electron chi connectivity index (χ1n) is 9.95. The number of nitrogens with one attached hydrogen (secondary N) is 1. The Morgan fingerprint density at radius 3 is 2.30 bits per heavy atom. The van der Waals surface area contributed by atoms with Crippen LogP contribution >= 0.6 is 0 Å². The number of aryl methyl sites for hydroxylation is 2. The van der Waals surface area contributed by atoms with E-state index in [0.717, 1.165) is 11.1 Å². The number of anilines is 1.